The largest absolute Gasteiger partial charge is 0.372 e. The first-order valence-electron chi connectivity index (χ1n) is 9.32. The topological polar surface area (TPSA) is 110 Å². The highest BCUT2D eigenvalue weighted by Gasteiger charge is 2.65. The fourth-order valence-electron chi connectivity index (χ4n) is 3.78. The van der Waals surface area contributed by atoms with Gasteiger partial charge in [-0.05, 0) is 33.8 Å². The summed E-state index contributed by atoms with van der Waals surface area (Å²) in [5.74, 6) is 3.87. The predicted molar refractivity (Wildman–Crippen MR) is 98.5 cm³/mol. The first-order chi connectivity index (χ1) is 13.5. The van der Waals surface area contributed by atoms with Crippen molar-refractivity contribution in [3.8, 4) is 11.8 Å². The highest BCUT2D eigenvalue weighted by molar-refractivity contribution is 5.45. The number of hydrogen-bond donors (Lipinski definition) is 1. The molecule has 9 heteroatoms. The first kappa shape index (κ1) is 20.2. The molecule has 3 fully saturated rings. The lowest BCUT2D eigenvalue weighted by molar-refractivity contribution is -0.384. The van der Waals surface area contributed by atoms with E-state index in [9.17, 15) is 15.2 Å². The molecule has 1 aromatic rings. The minimum Gasteiger partial charge on any atom is -0.372 e. The average Bonchev–Trinajstić information content (AvgIpc) is 3.23. The molecule has 9 nitrogen and oxygen atoms in total. The van der Waals surface area contributed by atoms with Crippen LogP contribution in [0.4, 0.5) is 5.69 Å². The van der Waals surface area contributed by atoms with Crippen molar-refractivity contribution >= 4 is 5.69 Å². The standard InChI is InChI=1S/C20H23NO8/c1-18(2)25-11-14(27-18)15-20(22,16-17(26-15)29-19(3,4)28-16)9-8-12-6-5-7-13(10-12)21(23)24/h5-7,10,14-17,22H,11H2,1-4H3/t14-,15-,16+,17-,20-/m1/s1. The van der Waals surface area contributed by atoms with Crippen molar-refractivity contribution in [1.29, 1.82) is 0 Å². The number of nitrogens with zero attached hydrogens (tertiary/aromatic N) is 1. The Morgan fingerprint density at radius 3 is 2.55 bits per heavy atom. The summed E-state index contributed by atoms with van der Waals surface area (Å²) in [6, 6.07) is 5.87. The maximum atomic E-state index is 11.6. The van der Waals surface area contributed by atoms with Crippen molar-refractivity contribution < 1.29 is 33.7 Å². The van der Waals surface area contributed by atoms with Crippen molar-refractivity contribution in [2.45, 2.75) is 69.5 Å². The van der Waals surface area contributed by atoms with Gasteiger partial charge in [0.1, 0.15) is 12.2 Å². The van der Waals surface area contributed by atoms with E-state index in [1.807, 2.05) is 0 Å². The molecule has 3 aliphatic rings. The van der Waals surface area contributed by atoms with Crippen LogP contribution in [0.3, 0.4) is 0 Å². The molecule has 0 amide bonds. The molecule has 0 bridgehead atoms. The Morgan fingerprint density at radius 1 is 1.14 bits per heavy atom. The third-order valence-corrected chi connectivity index (χ3v) is 5.04. The summed E-state index contributed by atoms with van der Waals surface area (Å²) in [5, 5.41) is 22.6. The van der Waals surface area contributed by atoms with Gasteiger partial charge in [-0.2, -0.15) is 0 Å². The number of non-ortho nitro benzene ring substituents is 1. The van der Waals surface area contributed by atoms with E-state index >= 15 is 0 Å². The highest BCUT2D eigenvalue weighted by atomic mass is 16.8. The van der Waals surface area contributed by atoms with Crippen LogP contribution in [0.5, 0.6) is 0 Å². The predicted octanol–water partition coefficient (Wildman–Crippen LogP) is 1.71. The number of ether oxygens (including phenoxy) is 5. The Balaban J connectivity index is 1.68. The molecule has 0 radical (unpaired) electrons. The van der Waals surface area contributed by atoms with Crippen molar-refractivity contribution in [3.05, 3.63) is 39.9 Å². The average molecular weight is 405 g/mol. The second kappa shape index (κ2) is 6.74. The van der Waals surface area contributed by atoms with Gasteiger partial charge in [0.2, 0.25) is 0 Å². The molecule has 29 heavy (non-hydrogen) atoms. The normalized spacial score (nSPS) is 37.0. The van der Waals surface area contributed by atoms with E-state index < -0.39 is 46.7 Å². The molecule has 3 heterocycles. The van der Waals surface area contributed by atoms with Gasteiger partial charge in [0, 0.05) is 17.7 Å². The van der Waals surface area contributed by atoms with E-state index in [-0.39, 0.29) is 12.3 Å². The third kappa shape index (κ3) is 3.75. The second-order valence-electron chi connectivity index (χ2n) is 8.23. The summed E-state index contributed by atoms with van der Waals surface area (Å²) in [6.07, 6.45) is -3.18. The van der Waals surface area contributed by atoms with Crippen LogP contribution in [0.15, 0.2) is 24.3 Å². The summed E-state index contributed by atoms with van der Waals surface area (Å²) in [6.45, 7) is 7.19. The number of hydrogen-bond acceptors (Lipinski definition) is 8. The minimum atomic E-state index is -1.77. The van der Waals surface area contributed by atoms with E-state index in [4.69, 9.17) is 23.7 Å². The molecular formula is C20H23NO8. The van der Waals surface area contributed by atoms with Crippen LogP contribution >= 0.6 is 0 Å². The van der Waals surface area contributed by atoms with Crippen LogP contribution in [-0.4, -0.2) is 58.4 Å². The van der Waals surface area contributed by atoms with Gasteiger partial charge in [-0.25, -0.2) is 0 Å². The zero-order valence-corrected chi connectivity index (χ0v) is 16.6. The summed E-state index contributed by atoms with van der Waals surface area (Å²) in [5.41, 5.74) is -1.47. The molecule has 3 saturated heterocycles. The molecule has 0 aliphatic carbocycles. The number of fused-ring (bicyclic) bond motifs is 1. The molecule has 0 spiro atoms. The second-order valence-corrected chi connectivity index (χ2v) is 8.23. The van der Waals surface area contributed by atoms with Crippen LogP contribution in [0.1, 0.15) is 33.3 Å². The molecule has 0 unspecified atom stereocenters. The van der Waals surface area contributed by atoms with E-state index in [1.54, 1.807) is 33.8 Å². The maximum Gasteiger partial charge on any atom is 0.270 e. The summed E-state index contributed by atoms with van der Waals surface area (Å²) in [7, 11) is 0. The van der Waals surface area contributed by atoms with Crippen molar-refractivity contribution in [1.82, 2.24) is 0 Å². The van der Waals surface area contributed by atoms with Gasteiger partial charge in [-0.15, -0.1) is 0 Å². The Morgan fingerprint density at radius 2 is 1.90 bits per heavy atom. The number of rotatable bonds is 2. The lowest BCUT2D eigenvalue weighted by Gasteiger charge is -2.32. The smallest absolute Gasteiger partial charge is 0.270 e. The van der Waals surface area contributed by atoms with Crippen LogP contribution < -0.4 is 0 Å². The fraction of sp³-hybridized carbons (Fsp3) is 0.600. The summed E-state index contributed by atoms with van der Waals surface area (Å²) in [4.78, 5) is 10.5. The quantitative estimate of drug-likeness (QED) is 0.450. The zero-order chi connectivity index (χ0) is 21.0. The first-order valence-corrected chi connectivity index (χ1v) is 9.32. The Labute approximate surface area is 168 Å². The molecule has 1 aromatic carbocycles. The summed E-state index contributed by atoms with van der Waals surface area (Å²) < 4.78 is 29.1. The van der Waals surface area contributed by atoms with Crippen LogP contribution in [0, 0.1) is 22.0 Å². The number of aliphatic hydroxyl groups is 1. The van der Waals surface area contributed by atoms with Gasteiger partial charge in [0.15, 0.2) is 29.6 Å². The lowest BCUT2D eigenvalue weighted by atomic mass is 9.89. The molecule has 3 aliphatic heterocycles. The highest BCUT2D eigenvalue weighted by Crippen LogP contribution is 2.45. The zero-order valence-electron chi connectivity index (χ0n) is 16.6. The van der Waals surface area contributed by atoms with Gasteiger partial charge in [0.25, 0.3) is 5.69 Å². The Hall–Kier alpha value is -2.06. The maximum absolute atomic E-state index is 11.6. The van der Waals surface area contributed by atoms with E-state index in [0.29, 0.717) is 5.56 Å². The molecule has 0 aromatic heterocycles. The molecular weight excluding hydrogens is 382 g/mol. The van der Waals surface area contributed by atoms with E-state index in [2.05, 4.69) is 11.8 Å². The van der Waals surface area contributed by atoms with Gasteiger partial charge < -0.3 is 28.8 Å². The van der Waals surface area contributed by atoms with Crippen molar-refractivity contribution in [2.75, 3.05) is 6.61 Å². The van der Waals surface area contributed by atoms with Crippen LogP contribution in [-0.2, 0) is 23.7 Å². The Bertz CT molecular complexity index is 888. The lowest BCUT2D eigenvalue weighted by Crippen LogP contribution is -2.53. The number of benzene rings is 1. The van der Waals surface area contributed by atoms with Crippen LogP contribution in [0.25, 0.3) is 0 Å². The molecule has 5 atom stereocenters. The van der Waals surface area contributed by atoms with E-state index in [0.717, 1.165) is 0 Å². The SMILES string of the molecule is CC1(C)OC[C@H]([C@H]2O[C@@H]3OC(C)(C)O[C@@H]3[C@@]2(O)C#Cc2cccc([N+](=O)[O-])c2)O1. The molecule has 156 valence electrons. The van der Waals surface area contributed by atoms with Crippen molar-refractivity contribution in [2.24, 2.45) is 0 Å². The minimum absolute atomic E-state index is 0.0863. The van der Waals surface area contributed by atoms with Crippen LogP contribution in [0.2, 0.25) is 0 Å². The summed E-state index contributed by atoms with van der Waals surface area (Å²) >= 11 is 0. The number of nitro groups is 1. The monoisotopic (exact) mass is 405 g/mol. The van der Waals surface area contributed by atoms with E-state index in [1.165, 1.54) is 18.2 Å². The number of nitro benzene ring substituents is 1. The fourth-order valence-corrected chi connectivity index (χ4v) is 3.78. The van der Waals surface area contributed by atoms with Crippen molar-refractivity contribution in [3.63, 3.8) is 0 Å². The van der Waals surface area contributed by atoms with Gasteiger partial charge in [-0.3, -0.25) is 10.1 Å². The third-order valence-electron chi connectivity index (χ3n) is 5.04. The molecule has 0 saturated carbocycles. The van der Waals surface area contributed by atoms with Gasteiger partial charge >= 0.3 is 0 Å². The molecule has 4 rings (SSSR count). The van der Waals surface area contributed by atoms with Gasteiger partial charge in [-0.1, -0.05) is 17.9 Å². The van der Waals surface area contributed by atoms with Gasteiger partial charge in [0.05, 0.1) is 11.5 Å². The Kier molecular flexibility index (Phi) is 4.70. The molecule has 1 N–H and O–H groups in total.